The number of carbonyl (C=O) groups is 2. The van der Waals surface area contributed by atoms with E-state index in [0.717, 1.165) is 29.0 Å². The van der Waals surface area contributed by atoms with Crippen LogP contribution in [-0.2, 0) is 4.79 Å². The molecule has 0 saturated carbocycles. The molecule has 0 aliphatic rings. The Morgan fingerprint density at radius 3 is 2.35 bits per heavy atom. The first kappa shape index (κ1) is 21.8. The van der Waals surface area contributed by atoms with Crippen molar-refractivity contribution in [3.05, 3.63) is 95.6 Å². The third-order valence-electron chi connectivity index (χ3n) is 4.42. The minimum Gasteiger partial charge on any atom is -0.493 e. The second-order valence-corrected chi connectivity index (χ2v) is 6.99. The maximum Gasteiger partial charge on any atom is 0.336 e. The molecule has 0 unspecified atom stereocenters. The number of hydrogen-bond donors (Lipinski definition) is 1. The monoisotopic (exact) mass is 415 g/mol. The van der Waals surface area contributed by atoms with Crippen LogP contribution in [0.1, 0.15) is 34.8 Å². The summed E-state index contributed by atoms with van der Waals surface area (Å²) in [6.45, 7) is 4.63. The summed E-state index contributed by atoms with van der Waals surface area (Å²) in [6.07, 6.45) is 3.92. The first-order valence-electron chi connectivity index (χ1n) is 10.1. The quantitative estimate of drug-likeness (QED) is 0.293. The summed E-state index contributed by atoms with van der Waals surface area (Å²) in [7, 11) is 0. The van der Waals surface area contributed by atoms with E-state index in [9.17, 15) is 9.59 Å². The molecule has 0 aliphatic carbocycles. The van der Waals surface area contributed by atoms with E-state index >= 15 is 0 Å². The van der Waals surface area contributed by atoms with Crippen molar-refractivity contribution >= 4 is 23.6 Å². The fourth-order valence-electron chi connectivity index (χ4n) is 2.78. The normalized spacial score (nSPS) is 10.6. The molecule has 0 heterocycles. The van der Waals surface area contributed by atoms with Crippen molar-refractivity contribution in [2.24, 2.45) is 0 Å². The molecule has 5 nitrogen and oxygen atoms in total. The van der Waals surface area contributed by atoms with Crippen molar-refractivity contribution < 1.29 is 19.1 Å². The SMILES string of the molecule is CCCOc1ccccc1/C=C/C(=O)Oc1ccc(C(=O)Nc2ccc(C)cc2)cc1. The summed E-state index contributed by atoms with van der Waals surface area (Å²) in [4.78, 5) is 24.5. The lowest BCUT2D eigenvalue weighted by atomic mass is 10.2. The standard InChI is InChI=1S/C26H25NO4/c1-3-18-30-24-7-5-4-6-20(24)12-17-25(28)31-23-15-10-21(11-16-23)26(29)27-22-13-8-19(2)9-14-22/h4-17H,3,18H2,1-2H3,(H,27,29)/b17-12+. The Hall–Kier alpha value is -3.86. The Bertz CT molecular complexity index is 1050. The summed E-state index contributed by atoms with van der Waals surface area (Å²) in [5, 5.41) is 2.83. The van der Waals surface area contributed by atoms with Crippen LogP contribution in [-0.4, -0.2) is 18.5 Å². The van der Waals surface area contributed by atoms with Crippen LogP contribution in [0.15, 0.2) is 78.9 Å². The van der Waals surface area contributed by atoms with E-state index in [0.29, 0.717) is 17.9 Å². The van der Waals surface area contributed by atoms with Gasteiger partial charge in [-0.15, -0.1) is 0 Å². The van der Waals surface area contributed by atoms with Crippen LogP contribution in [0.2, 0.25) is 0 Å². The topological polar surface area (TPSA) is 64.6 Å². The van der Waals surface area contributed by atoms with Gasteiger partial charge in [0.2, 0.25) is 0 Å². The third-order valence-corrected chi connectivity index (χ3v) is 4.42. The highest BCUT2D eigenvalue weighted by molar-refractivity contribution is 6.04. The molecule has 0 radical (unpaired) electrons. The molecule has 1 amide bonds. The molecule has 0 spiro atoms. The van der Waals surface area contributed by atoms with E-state index in [1.54, 1.807) is 30.3 Å². The van der Waals surface area contributed by atoms with Crippen LogP contribution in [0.5, 0.6) is 11.5 Å². The number of anilines is 1. The molecule has 0 aromatic heterocycles. The Labute approximate surface area is 182 Å². The van der Waals surface area contributed by atoms with Gasteiger partial charge in [-0.3, -0.25) is 4.79 Å². The molecule has 5 heteroatoms. The lowest BCUT2D eigenvalue weighted by Crippen LogP contribution is -2.12. The molecule has 31 heavy (non-hydrogen) atoms. The number of aryl methyl sites for hydroxylation is 1. The fourth-order valence-corrected chi connectivity index (χ4v) is 2.78. The molecular weight excluding hydrogens is 390 g/mol. The smallest absolute Gasteiger partial charge is 0.336 e. The van der Waals surface area contributed by atoms with E-state index in [-0.39, 0.29) is 5.91 Å². The maximum absolute atomic E-state index is 12.4. The maximum atomic E-state index is 12.4. The minimum atomic E-state index is -0.512. The van der Waals surface area contributed by atoms with Crippen LogP contribution in [0.25, 0.3) is 6.08 Å². The van der Waals surface area contributed by atoms with Crippen molar-refractivity contribution in [1.82, 2.24) is 0 Å². The van der Waals surface area contributed by atoms with E-state index in [2.05, 4.69) is 5.32 Å². The van der Waals surface area contributed by atoms with Gasteiger partial charge >= 0.3 is 5.97 Å². The van der Waals surface area contributed by atoms with Gasteiger partial charge in [-0.2, -0.15) is 0 Å². The fraction of sp³-hybridized carbons (Fsp3) is 0.154. The molecular formula is C26H25NO4. The Morgan fingerprint density at radius 2 is 1.65 bits per heavy atom. The number of hydrogen-bond acceptors (Lipinski definition) is 4. The lowest BCUT2D eigenvalue weighted by Gasteiger charge is -2.08. The first-order valence-corrected chi connectivity index (χ1v) is 10.1. The molecule has 0 aliphatic heterocycles. The van der Waals surface area contributed by atoms with Gasteiger partial charge in [0.05, 0.1) is 6.61 Å². The average Bonchev–Trinajstić information content (AvgIpc) is 2.79. The summed E-state index contributed by atoms with van der Waals surface area (Å²) in [5.41, 5.74) is 3.11. The number of amides is 1. The number of nitrogens with one attached hydrogen (secondary N) is 1. The van der Waals surface area contributed by atoms with Crippen molar-refractivity contribution in [2.75, 3.05) is 11.9 Å². The van der Waals surface area contributed by atoms with Crippen molar-refractivity contribution in [1.29, 1.82) is 0 Å². The molecule has 0 bridgehead atoms. The number of esters is 1. The van der Waals surface area contributed by atoms with Gasteiger partial charge in [0.15, 0.2) is 0 Å². The highest BCUT2D eigenvalue weighted by Gasteiger charge is 2.08. The Kier molecular flexibility index (Phi) is 7.60. The van der Waals surface area contributed by atoms with Gasteiger partial charge in [0.1, 0.15) is 11.5 Å². The second-order valence-electron chi connectivity index (χ2n) is 6.99. The molecule has 158 valence electrons. The minimum absolute atomic E-state index is 0.231. The lowest BCUT2D eigenvalue weighted by molar-refractivity contribution is -0.128. The second kappa shape index (κ2) is 10.8. The van der Waals surface area contributed by atoms with Crippen LogP contribution < -0.4 is 14.8 Å². The van der Waals surface area contributed by atoms with E-state index in [1.165, 1.54) is 6.08 Å². The molecule has 1 N–H and O–H groups in total. The first-order chi connectivity index (χ1) is 15.0. The van der Waals surface area contributed by atoms with E-state index in [1.807, 2.05) is 62.4 Å². The average molecular weight is 415 g/mol. The van der Waals surface area contributed by atoms with Gasteiger partial charge in [-0.05, 0) is 61.9 Å². The van der Waals surface area contributed by atoms with Gasteiger partial charge in [-0.1, -0.05) is 42.8 Å². The van der Waals surface area contributed by atoms with Crippen LogP contribution in [0, 0.1) is 6.92 Å². The summed E-state index contributed by atoms with van der Waals surface area (Å²) in [6, 6.07) is 21.5. The molecule has 0 atom stereocenters. The zero-order valence-corrected chi connectivity index (χ0v) is 17.6. The summed E-state index contributed by atoms with van der Waals surface area (Å²) >= 11 is 0. The summed E-state index contributed by atoms with van der Waals surface area (Å²) in [5.74, 6) is 0.335. The highest BCUT2D eigenvalue weighted by atomic mass is 16.5. The van der Waals surface area contributed by atoms with Crippen LogP contribution in [0.4, 0.5) is 5.69 Å². The molecule has 3 rings (SSSR count). The number of para-hydroxylation sites is 1. The zero-order valence-electron chi connectivity index (χ0n) is 17.6. The molecule has 3 aromatic carbocycles. The largest absolute Gasteiger partial charge is 0.493 e. The van der Waals surface area contributed by atoms with Gasteiger partial charge in [-0.25, -0.2) is 4.79 Å². The molecule has 0 fully saturated rings. The van der Waals surface area contributed by atoms with Gasteiger partial charge in [0.25, 0.3) is 5.91 Å². The Balaban J connectivity index is 1.58. The van der Waals surface area contributed by atoms with Crippen molar-refractivity contribution in [2.45, 2.75) is 20.3 Å². The predicted octanol–water partition coefficient (Wildman–Crippen LogP) is 5.65. The number of benzene rings is 3. The van der Waals surface area contributed by atoms with Crippen LogP contribution in [0.3, 0.4) is 0 Å². The summed E-state index contributed by atoms with van der Waals surface area (Å²) < 4.78 is 11.0. The molecule has 0 saturated heterocycles. The molecule has 3 aromatic rings. The van der Waals surface area contributed by atoms with Gasteiger partial charge < -0.3 is 14.8 Å². The van der Waals surface area contributed by atoms with Crippen LogP contribution >= 0.6 is 0 Å². The highest BCUT2D eigenvalue weighted by Crippen LogP contribution is 2.20. The number of carbonyl (C=O) groups excluding carboxylic acids is 2. The number of ether oxygens (including phenoxy) is 2. The Morgan fingerprint density at radius 1 is 0.935 bits per heavy atom. The number of rotatable bonds is 8. The van der Waals surface area contributed by atoms with Gasteiger partial charge in [0, 0.05) is 22.9 Å². The van der Waals surface area contributed by atoms with Crippen molar-refractivity contribution in [3.8, 4) is 11.5 Å². The van der Waals surface area contributed by atoms with E-state index < -0.39 is 5.97 Å². The third kappa shape index (κ3) is 6.57. The van der Waals surface area contributed by atoms with E-state index in [4.69, 9.17) is 9.47 Å². The predicted molar refractivity (Wildman–Crippen MR) is 122 cm³/mol. The zero-order chi connectivity index (χ0) is 22.1. The van der Waals surface area contributed by atoms with Crippen molar-refractivity contribution in [3.63, 3.8) is 0 Å².